The molecule has 0 saturated heterocycles. The van der Waals surface area contributed by atoms with Crippen LogP contribution in [0.5, 0.6) is 0 Å². The molecule has 18 rings (SSSR count). The quantitative estimate of drug-likeness (QED) is 0.0898. The number of benzene rings is 15. The predicted molar refractivity (Wildman–Crippen MR) is 381 cm³/mol. The van der Waals surface area contributed by atoms with Crippen molar-refractivity contribution in [2.75, 3.05) is 14.7 Å². The van der Waals surface area contributed by atoms with Crippen LogP contribution >= 0.6 is 0 Å². The Balaban J connectivity index is 0.957. The standard InChI is InChI=1S/C84H59BN4/c1-84(2,3)59-49-80-82-81(50-59)89(83-65-30-14-11-25-57(65)48-58-26-12-15-31-66(58)83)79-52-63(88-75-36-20-18-34-70(75)71-35-19-21-37-76(71)88)44-47-74(79)85(82)73-46-43-62(51-78(73)87(80)61-41-38-55(39-42-61)54-22-6-4-7-23-54)86(60-27-8-5-9-28-60)77-53-72-64-29-13-10-24-56(64)40-45-68(72)67-32-16-17-33-69(67)77/h4-53H,1-3H3. The molecule has 0 atom stereocenters. The van der Waals surface area contributed by atoms with Crippen molar-refractivity contribution in [3.8, 4) is 16.8 Å². The molecule has 3 heterocycles. The van der Waals surface area contributed by atoms with Gasteiger partial charge in [-0.2, -0.15) is 0 Å². The molecule has 15 aromatic carbocycles. The van der Waals surface area contributed by atoms with E-state index in [0.29, 0.717) is 0 Å². The highest BCUT2D eigenvalue weighted by molar-refractivity contribution is 7.00. The summed E-state index contributed by atoms with van der Waals surface area (Å²) in [6, 6.07) is 114. The number of nitrogens with zero attached hydrogens (tertiary/aromatic N) is 4. The van der Waals surface area contributed by atoms with Crippen LogP contribution in [0.2, 0.25) is 0 Å². The van der Waals surface area contributed by atoms with Crippen molar-refractivity contribution in [3.05, 3.63) is 309 Å². The smallest absolute Gasteiger partial charge is 0.252 e. The maximum Gasteiger partial charge on any atom is 0.252 e. The molecule has 2 aliphatic heterocycles. The largest absolute Gasteiger partial charge is 0.311 e. The minimum atomic E-state index is -0.241. The Morgan fingerprint density at radius 2 is 0.820 bits per heavy atom. The van der Waals surface area contributed by atoms with E-state index < -0.39 is 0 Å². The van der Waals surface area contributed by atoms with Crippen LogP contribution in [-0.4, -0.2) is 11.3 Å². The molecular weight excluding hydrogens is 1080 g/mol. The Hall–Kier alpha value is -11.1. The lowest BCUT2D eigenvalue weighted by atomic mass is 9.33. The van der Waals surface area contributed by atoms with E-state index >= 15 is 0 Å². The second kappa shape index (κ2) is 19.7. The van der Waals surface area contributed by atoms with Gasteiger partial charge in [-0.1, -0.05) is 239 Å². The van der Waals surface area contributed by atoms with Gasteiger partial charge in [0.05, 0.1) is 22.4 Å². The van der Waals surface area contributed by atoms with Crippen LogP contribution < -0.4 is 31.1 Å². The summed E-state index contributed by atoms with van der Waals surface area (Å²) in [5.74, 6) is 0. The van der Waals surface area contributed by atoms with Crippen LogP contribution in [-0.2, 0) is 5.41 Å². The summed E-state index contributed by atoms with van der Waals surface area (Å²) < 4.78 is 2.48. The summed E-state index contributed by atoms with van der Waals surface area (Å²) in [6.07, 6.45) is 0. The molecule has 0 saturated carbocycles. The molecule has 0 amide bonds. The third-order valence-electron chi connectivity index (χ3n) is 19.2. The van der Waals surface area contributed by atoms with Gasteiger partial charge in [-0.15, -0.1) is 0 Å². The number of hydrogen-bond acceptors (Lipinski definition) is 3. The number of hydrogen-bond donors (Lipinski definition) is 0. The van der Waals surface area contributed by atoms with Crippen LogP contribution in [0.15, 0.2) is 303 Å². The summed E-state index contributed by atoms with van der Waals surface area (Å²) in [4.78, 5) is 7.78. The summed E-state index contributed by atoms with van der Waals surface area (Å²) in [5, 5.41) is 14.7. The average Bonchev–Trinajstić information content (AvgIpc) is 1.41. The first-order valence-corrected chi connectivity index (χ1v) is 31.1. The molecule has 0 unspecified atom stereocenters. The second-order valence-corrected chi connectivity index (χ2v) is 25.2. The predicted octanol–water partition coefficient (Wildman–Crippen LogP) is 21.1. The minimum absolute atomic E-state index is 0.157. The molecule has 16 aromatic rings. The van der Waals surface area contributed by atoms with Crippen molar-refractivity contribution in [2.24, 2.45) is 0 Å². The van der Waals surface area contributed by atoms with Crippen LogP contribution in [0.25, 0.3) is 92.5 Å². The van der Waals surface area contributed by atoms with Gasteiger partial charge in [0.25, 0.3) is 6.71 Å². The molecule has 418 valence electrons. The van der Waals surface area contributed by atoms with Gasteiger partial charge >= 0.3 is 0 Å². The summed E-state index contributed by atoms with van der Waals surface area (Å²) in [7, 11) is 0. The molecule has 0 radical (unpaired) electrons. The van der Waals surface area contributed by atoms with E-state index in [1.165, 1.54) is 126 Å². The molecule has 0 aliphatic carbocycles. The van der Waals surface area contributed by atoms with Gasteiger partial charge in [-0.25, -0.2) is 0 Å². The lowest BCUT2D eigenvalue weighted by molar-refractivity contribution is 0.590. The van der Waals surface area contributed by atoms with Gasteiger partial charge < -0.3 is 19.3 Å². The molecule has 89 heavy (non-hydrogen) atoms. The van der Waals surface area contributed by atoms with E-state index in [0.717, 1.165) is 39.8 Å². The molecule has 0 fully saturated rings. The van der Waals surface area contributed by atoms with Crippen molar-refractivity contribution in [2.45, 2.75) is 26.2 Å². The zero-order valence-electron chi connectivity index (χ0n) is 49.7. The van der Waals surface area contributed by atoms with Gasteiger partial charge in [-0.3, -0.25) is 0 Å². The van der Waals surface area contributed by atoms with Crippen molar-refractivity contribution in [1.29, 1.82) is 0 Å². The van der Waals surface area contributed by atoms with Crippen LogP contribution in [0.3, 0.4) is 0 Å². The fraction of sp³-hybridized carbons (Fsp3) is 0.0476. The highest BCUT2D eigenvalue weighted by Gasteiger charge is 2.45. The fourth-order valence-corrected chi connectivity index (χ4v) is 15.1. The molecule has 0 N–H and O–H groups in total. The normalized spacial score (nSPS) is 12.8. The van der Waals surface area contributed by atoms with Gasteiger partial charge in [-0.05, 0) is 161 Å². The van der Waals surface area contributed by atoms with Gasteiger partial charge in [0.1, 0.15) is 0 Å². The Morgan fingerprint density at radius 3 is 1.48 bits per heavy atom. The number of anilines is 9. The van der Waals surface area contributed by atoms with Gasteiger partial charge in [0, 0.05) is 72.4 Å². The third-order valence-corrected chi connectivity index (χ3v) is 19.2. The molecule has 4 nitrogen and oxygen atoms in total. The molecule has 5 heteroatoms. The lowest BCUT2D eigenvalue weighted by Crippen LogP contribution is -2.61. The van der Waals surface area contributed by atoms with Crippen molar-refractivity contribution in [3.63, 3.8) is 0 Å². The first kappa shape index (κ1) is 51.1. The van der Waals surface area contributed by atoms with Crippen LogP contribution in [0, 0.1) is 0 Å². The van der Waals surface area contributed by atoms with Crippen molar-refractivity contribution in [1.82, 2.24) is 4.57 Å². The SMILES string of the molecule is CC(C)(C)c1cc2c3c(c1)N(c1c4ccccc4cc4ccccc14)c1cc(-n4c5ccccc5c5ccccc54)ccc1B3c1ccc(N(c3ccccc3)c3cc4c5ccccc5ccc4c4ccccc34)cc1N2c1ccc(-c2ccccc2)cc1. The zero-order valence-corrected chi connectivity index (χ0v) is 49.7. The molecule has 2 aliphatic rings. The maximum absolute atomic E-state index is 2.67. The van der Waals surface area contributed by atoms with Crippen LogP contribution in [0.1, 0.15) is 26.3 Å². The Morgan fingerprint density at radius 1 is 0.315 bits per heavy atom. The first-order chi connectivity index (χ1) is 43.8. The second-order valence-electron chi connectivity index (χ2n) is 25.2. The van der Waals surface area contributed by atoms with E-state index in [1.807, 2.05) is 0 Å². The molecule has 0 spiro atoms. The minimum Gasteiger partial charge on any atom is -0.311 e. The fourth-order valence-electron chi connectivity index (χ4n) is 15.1. The van der Waals surface area contributed by atoms with Gasteiger partial charge in [0.2, 0.25) is 0 Å². The number of fused-ring (bicyclic) bond motifs is 14. The molecular formula is C84H59BN4. The van der Waals surface area contributed by atoms with Crippen molar-refractivity contribution >= 4 is 150 Å². The summed E-state index contributed by atoms with van der Waals surface area (Å²) in [6.45, 7) is 6.96. The van der Waals surface area contributed by atoms with E-state index in [4.69, 9.17) is 0 Å². The zero-order chi connectivity index (χ0) is 59.1. The number of aromatic nitrogens is 1. The van der Waals surface area contributed by atoms with Crippen LogP contribution in [0.4, 0.5) is 51.2 Å². The monoisotopic (exact) mass is 1130 g/mol. The maximum atomic E-state index is 2.67. The highest BCUT2D eigenvalue weighted by Crippen LogP contribution is 2.52. The topological polar surface area (TPSA) is 14.7 Å². The van der Waals surface area contributed by atoms with E-state index in [9.17, 15) is 0 Å². The lowest BCUT2D eigenvalue weighted by Gasteiger charge is -2.46. The van der Waals surface area contributed by atoms with E-state index in [1.54, 1.807) is 0 Å². The highest BCUT2D eigenvalue weighted by atomic mass is 15.2. The Bertz CT molecular complexity index is 5460. The first-order valence-electron chi connectivity index (χ1n) is 31.1. The summed E-state index contributed by atoms with van der Waals surface area (Å²) in [5.41, 5.74) is 20.9. The molecule has 1 aromatic heterocycles. The van der Waals surface area contributed by atoms with Gasteiger partial charge in [0.15, 0.2) is 0 Å². The van der Waals surface area contributed by atoms with E-state index in [-0.39, 0.29) is 12.1 Å². The third kappa shape index (κ3) is 7.88. The van der Waals surface area contributed by atoms with Crippen molar-refractivity contribution < 1.29 is 0 Å². The van der Waals surface area contributed by atoms with E-state index in [2.05, 4.69) is 343 Å². The molecule has 0 bridgehead atoms. The Kier molecular flexibility index (Phi) is 11.3. The number of para-hydroxylation sites is 3. The average molecular weight is 1140 g/mol. The summed E-state index contributed by atoms with van der Waals surface area (Å²) >= 11 is 0. The number of rotatable bonds is 7. The Labute approximate surface area is 518 Å².